The Labute approximate surface area is 232 Å². The Morgan fingerprint density at radius 3 is 2.05 bits per heavy atom. The van der Waals surface area contributed by atoms with Gasteiger partial charge in [0, 0.05) is 25.2 Å². The number of esters is 2. The van der Waals surface area contributed by atoms with Crippen LogP contribution in [0.4, 0.5) is 0 Å². The van der Waals surface area contributed by atoms with Gasteiger partial charge in [0.15, 0.2) is 0 Å². The van der Waals surface area contributed by atoms with Crippen molar-refractivity contribution in [3.05, 3.63) is 11.6 Å². The molecule has 0 bridgehead atoms. The molecule has 9 atom stereocenters. The molecule has 0 aromatic heterocycles. The van der Waals surface area contributed by atoms with Crippen molar-refractivity contribution in [3.8, 4) is 0 Å². The second-order valence-corrected chi connectivity index (χ2v) is 16.6. The van der Waals surface area contributed by atoms with Gasteiger partial charge in [-0.05, 0) is 103 Å². The van der Waals surface area contributed by atoms with Crippen molar-refractivity contribution >= 4 is 11.9 Å². The number of rotatable bonds is 2. The summed E-state index contributed by atoms with van der Waals surface area (Å²) in [4.78, 5) is 24.6. The van der Waals surface area contributed by atoms with Crippen molar-refractivity contribution in [1.29, 1.82) is 0 Å². The van der Waals surface area contributed by atoms with E-state index in [1.807, 2.05) is 0 Å². The van der Waals surface area contributed by atoms with E-state index in [0.29, 0.717) is 22.7 Å². The fraction of sp³-hybridized carbons (Fsp3) is 0.882. The van der Waals surface area contributed by atoms with Crippen molar-refractivity contribution in [2.24, 2.45) is 50.2 Å². The van der Waals surface area contributed by atoms with E-state index in [-0.39, 0.29) is 51.7 Å². The lowest BCUT2D eigenvalue weighted by molar-refractivity contribution is -0.233. The summed E-state index contributed by atoms with van der Waals surface area (Å²) < 4.78 is 12.3. The molecule has 38 heavy (non-hydrogen) atoms. The van der Waals surface area contributed by atoms with Crippen LogP contribution in [0.1, 0.15) is 127 Å². The van der Waals surface area contributed by atoms with Crippen LogP contribution in [-0.2, 0) is 19.1 Å². The summed E-state index contributed by atoms with van der Waals surface area (Å²) >= 11 is 0. The van der Waals surface area contributed by atoms with Gasteiger partial charge in [-0.3, -0.25) is 9.59 Å². The highest BCUT2D eigenvalue weighted by atomic mass is 16.5. The quantitative estimate of drug-likeness (QED) is 0.268. The standard InChI is InChI=1S/C34H54O4/c1-21(35)37-25-19-23-24-20-29(3,4)15-16-31(24,7)17-18-33(23,9)34(10)14-11-26-30(5,6)27(38-22(2)36)12-13-32(26,8)28(25)34/h19,24-28H,11-18,20H2,1-10H3/t24-,25+,26-,27-,28+,31-,32-,33+,34+/m0/s1. The zero-order chi connectivity index (χ0) is 28.1. The zero-order valence-corrected chi connectivity index (χ0v) is 26.0. The van der Waals surface area contributed by atoms with Crippen LogP contribution in [-0.4, -0.2) is 24.1 Å². The molecule has 0 N–H and O–H groups in total. The summed E-state index contributed by atoms with van der Waals surface area (Å²) in [7, 11) is 0. The monoisotopic (exact) mass is 526 g/mol. The third kappa shape index (κ3) is 3.88. The minimum Gasteiger partial charge on any atom is -0.462 e. The van der Waals surface area contributed by atoms with Gasteiger partial charge in [-0.2, -0.15) is 0 Å². The molecule has 5 aliphatic carbocycles. The van der Waals surface area contributed by atoms with E-state index in [9.17, 15) is 9.59 Å². The first-order chi connectivity index (χ1) is 17.4. The lowest BCUT2D eigenvalue weighted by atomic mass is 9.33. The molecule has 5 rings (SSSR count). The van der Waals surface area contributed by atoms with Gasteiger partial charge in [0.1, 0.15) is 12.2 Å². The number of ether oxygens (including phenoxy) is 2. The maximum Gasteiger partial charge on any atom is 0.303 e. The van der Waals surface area contributed by atoms with Crippen molar-refractivity contribution in [3.63, 3.8) is 0 Å². The molecule has 0 unspecified atom stereocenters. The van der Waals surface area contributed by atoms with E-state index in [1.165, 1.54) is 39.0 Å². The minimum absolute atomic E-state index is 0.00485. The average Bonchev–Trinajstić information content (AvgIpc) is 2.77. The highest BCUT2D eigenvalue weighted by molar-refractivity contribution is 5.67. The summed E-state index contributed by atoms with van der Waals surface area (Å²) in [6, 6.07) is 0. The number of carbonyl (C=O) groups excluding carboxylic acids is 2. The number of hydrogen-bond acceptors (Lipinski definition) is 4. The Kier molecular flexibility index (Phi) is 6.38. The van der Waals surface area contributed by atoms with Gasteiger partial charge in [-0.1, -0.05) is 61.0 Å². The number of carbonyl (C=O) groups is 2. The maximum atomic E-state index is 12.6. The molecule has 5 aliphatic rings. The van der Waals surface area contributed by atoms with Crippen LogP contribution in [0, 0.1) is 50.2 Å². The first-order valence-electron chi connectivity index (χ1n) is 15.5. The Morgan fingerprint density at radius 1 is 0.789 bits per heavy atom. The van der Waals surface area contributed by atoms with Crippen molar-refractivity contribution < 1.29 is 19.1 Å². The van der Waals surface area contributed by atoms with Crippen molar-refractivity contribution in [2.45, 2.75) is 139 Å². The Balaban J connectivity index is 1.64. The van der Waals surface area contributed by atoms with Crippen molar-refractivity contribution in [1.82, 2.24) is 0 Å². The normalized spacial score (nSPS) is 48.8. The maximum absolute atomic E-state index is 12.6. The van der Waals surface area contributed by atoms with E-state index < -0.39 is 0 Å². The Bertz CT molecular complexity index is 1040. The van der Waals surface area contributed by atoms with E-state index in [4.69, 9.17) is 9.47 Å². The number of allylic oxidation sites excluding steroid dienone is 1. The number of fused-ring (bicyclic) bond motifs is 7. The summed E-state index contributed by atoms with van der Waals surface area (Å²) in [5.74, 6) is 0.875. The third-order valence-electron chi connectivity index (χ3n) is 13.5. The predicted octanol–water partition coefficient (Wildman–Crippen LogP) is 8.28. The van der Waals surface area contributed by atoms with Gasteiger partial charge in [-0.15, -0.1) is 0 Å². The fourth-order valence-corrected chi connectivity index (χ4v) is 11.3. The largest absolute Gasteiger partial charge is 0.462 e. The average molecular weight is 527 g/mol. The van der Waals surface area contributed by atoms with Gasteiger partial charge in [-0.25, -0.2) is 0 Å². The van der Waals surface area contributed by atoms with Gasteiger partial charge >= 0.3 is 11.9 Å². The molecule has 0 aliphatic heterocycles. The lowest BCUT2D eigenvalue weighted by Crippen LogP contribution is -2.67. The van der Waals surface area contributed by atoms with Crippen LogP contribution in [0.2, 0.25) is 0 Å². The van der Waals surface area contributed by atoms with Crippen LogP contribution >= 0.6 is 0 Å². The summed E-state index contributed by atoms with van der Waals surface area (Å²) in [5, 5.41) is 0. The predicted molar refractivity (Wildman–Crippen MR) is 151 cm³/mol. The number of hydrogen-bond donors (Lipinski definition) is 0. The van der Waals surface area contributed by atoms with E-state index in [2.05, 4.69) is 61.5 Å². The molecule has 4 fully saturated rings. The highest BCUT2D eigenvalue weighted by Gasteiger charge is 2.70. The molecule has 0 spiro atoms. The topological polar surface area (TPSA) is 52.6 Å². The summed E-state index contributed by atoms with van der Waals surface area (Å²) in [6.45, 7) is 22.8. The Morgan fingerprint density at radius 2 is 1.42 bits per heavy atom. The minimum atomic E-state index is -0.193. The smallest absolute Gasteiger partial charge is 0.303 e. The summed E-state index contributed by atoms with van der Waals surface area (Å²) in [6.07, 6.45) is 12.7. The second kappa shape index (κ2) is 8.59. The van der Waals surface area contributed by atoms with Crippen LogP contribution in [0.25, 0.3) is 0 Å². The molecular weight excluding hydrogens is 472 g/mol. The third-order valence-corrected chi connectivity index (χ3v) is 13.5. The second-order valence-electron chi connectivity index (χ2n) is 16.6. The first-order valence-corrected chi connectivity index (χ1v) is 15.5. The molecule has 0 aromatic rings. The van der Waals surface area contributed by atoms with Crippen LogP contribution < -0.4 is 0 Å². The van der Waals surface area contributed by atoms with Gasteiger partial charge in [0.2, 0.25) is 0 Å². The Hall–Kier alpha value is -1.32. The van der Waals surface area contributed by atoms with Crippen LogP contribution in [0.3, 0.4) is 0 Å². The van der Waals surface area contributed by atoms with Crippen LogP contribution in [0.15, 0.2) is 11.6 Å². The van der Waals surface area contributed by atoms with E-state index in [0.717, 1.165) is 25.7 Å². The highest BCUT2D eigenvalue weighted by Crippen LogP contribution is 2.76. The molecule has 0 aromatic carbocycles. The molecule has 0 radical (unpaired) electrons. The molecule has 0 heterocycles. The molecule has 4 saturated carbocycles. The summed E-state index contributed by atoms with van der Waals surface area (Å²) in [5.41, 5.74) is 2.34. The molecule has 214 valence electrons. The SMILES string of the molecule is CC(=O)O[C@H]1CC[C@]2(C)[C@H]3[C@H](OC(C)=O)C=C4[C@@H]5CC(C)(C)CC[C@@]5(C)CC[C@@]4(C)[C@]3(C)CC[C@H]2C1(C)C. The molecule has 0 amide bonds. The zero-order valence-electron chi connectivity index (χ0n) is 26.0. The van der Waals surface area contributed by atoms with Gasteiger partial charge in [0.25, 0.3) is 0 Å². The first kappa shape index (κ1) is 28.2. The lowest BCUT2D eigenvalue weighted by Gasteiger charge is -2.72. The molecule has 4 heteroatoms. The van der Waals surface area contributed by atoms with E-state index >= 15 is 0 Å². The van der Waals surface area contributed by atoms with Gasteiger partial charge < -0.3 is 9.47 Å². The van der Waals surface area contributed by atoms with Crippen molar-refractivity contribution in [2.75, 3.05) is 0 Å². The molecular formula is C34H54O4. The van der Waals surface area contributed by atoms with Gasteiger partial charge in [0.05, 0.1) is 0 Å². The van der Waals surface area contributed by atoms with E-state index in [1.54, 1.807) is 12.5 Å². The fourth-order valence-electron chi connectivity index (χ4n) is 11.3. The molecule has 4 nitrogen and oxygen atoms in total. The molecule has 0 saturated heterocycles. The van der Waals surface area contributed by atoms with Crippen LogP contribution in [0.5, 0.6) is 0 Å².